The monoisotopic (exact) mass is 352 g/mol. The van der Waals surface area contributed by atoms with Crippen LogP contribution in [0.1, 0.15) is 17.5 Å². The van der Waals surface area contributed by atoms with Gasteiger partial charge in [0, 0.05) is 17.4 Å². The summed E-state index contributed by atoms with van der Waals surface area (Å²) in [5, 5.41) is 5.82. The number of carbonyl (C=O) groups is 2. The molecule has 2 N–H and O–H groups in total. The fourth-order valence-electron chi connectivity index (χ4n) is 3.21. The minimum absolute atomic E-state index is 0.103. The Hall–Kier alpha value is -3.02. The van der Waals surface area contributed by atoms with Crippen LogP contribution >= 0.6 is 0 Å². The van der Waals surface area contributed by atoms with Crippen LogP contribution in [0.2, 0.25) is 0 Å². The summed E-state index contributed by atoms with van der Waals surface area (Å²) in [7, 11) is 0. The maximum atomic E-state index is 12.5. The summed E-state index contributed by atoms with van der Waals surface area (Å²) in [6.07, 6.45) is 0.563. The molecule has 1 heterocycles. The zero-order chi connectivity index (χ0) is 18.3. The Morgan fingerprint density at radius 1 is 0.923 bits per heavy atom. The van der Waals surface area contributed by atoms with Gasteiger partial charge in [-0.3, -0.25) is 9.59 Å². The molecule has 2 atom stereocenters. The lowest BCUT2D eigenvalue weighted by atomic mass is 10.1. The van der Waals surface area contributed by atoms with E-state index in [4.69, 9.17) is 9.47 Å². The molecule has 0 spiro atoms. The Morgan fingerprint density at radius 2 is 1.58 bits per heavy atom. The Kier molecular flexibility index (Phi) is 4.03. The van der Waals surface area contributed by atoms with E-state index in [9.17, 15) is 9.59 Å². The van der Waals surface area contributed by atoms with Gasteiger partial charge in [-0.1, -0.05) is 18.2 Å². The van der Waals surface area contributed by atoms with Crippen LogP contribution in [-0.2, 0) is 9.59 Å². The van der Waals surface area contributed by atoms with Crippen molar-refractivity contribution in [2.75, 3.05) is 17.4 Å². The molecule has 2 unspecified atom stereocenters. The Morgan fingerprint density at radius 3 is 2.31 bits per heavy atom. The molecule has 2 aromatic rings. The molecule has 1 saturated carbocycles. The number of hydrogen-bond acceptors (Lipinski definition) is 4. The number of ether oxygens (including phenoxy) is 2. The van der Waals surface area contributed by atoms with Gasteiger partial charge in [-0.25, -0.2) is 0 Å². The largest absolute Gasteiger partial charge is 0.454 e. The molecule has 26 heavy (non-hydrogen) atoms. The van der Waals surface area contributed by atoms with E-state index in [2.05, 4.69) is 10.6 Å². The van der Waals surface area contributed by atoms with Crippen LogP contribution in [0.25, 0.3) is 0 Å². The van der Waals surface area contributed by atoms with Crippen molar-refractivity contribution in [1.82, 2.24) is 0 Å². The number of anilines is 2. The summed E-state index contributed by atoms with van der Waals surface area (Å²) in [5.74, 6) is 0.440. The van der Waals surface area contributed by atoms with Crippen LogP contribution in [0.3, 0.4) is 0 Å². The molecule has 0 bridgehead atoms. The van der Waals surface area contributed by atoms with Crippen LogP contribution in [0.5, 0.6) is 11.5 Å². The molecule has 0 aromatic heterocycles. The number of fused-ring (bicyclic) bond motifs is 1. The number of nitrogens with one attached hydrogen (secondary N) is 2. The number of hydrogen-bond donors (Lipinski definition) is 2. The quantitative estimate of drug-likeness (QED) is 0.886. The first-order valence-corrected chi connectivity index (χ1v) is 8.60. The molecule has 0 radical (unpaired) electrons. The van der Waals surface area contributed by atoms with Gasteiger partial charge in [0.25, 0.3) is 0 Å². The molecule has 6 heteroatoms. The van der Waals surface area contributed by atoms with Crippen molar-refractivity contribution >= 4 is 23.2 Å². The summed E-state index contributed by atoms with van der Waals surface area (Å²) in [4.78, 5) is 24.9. The second-order valence-electron chi connectivity index (χ2n) is 6.76. The van der Waals surface area contributed by atoms with Crippen LogP contribution in [0, 0.1) is 25.7 Å². The second-order valence-corrected chi connectivity index (χ2v) is 6.76. The van der Waals surface area contributed by atoms with E-state index in [1.54, 1.807) is 18.2 Å². The Bertz CT molecular complexity index is 873. The maximum absolute atomic E-state index is 12.5. The predicted molar refractivity (Wildman–Crippen MR) is 97.3 cm³/mol. The van der Waals surface area contributed by atoms with E-state index >= 15 is 0 Å². The number of rotatable bonds is 4. The van der Waals surface area contributed by atoms with Crippen molar-refractivity contribution in [3.63, 3.8) is 0 Å². The second kappa shape index (κ2) is 6.37. The van der Waals surface area contributed by atoms with Crippen LogP contribution in [0.4, 0.5) is 11.4 Å². The van der Waals surface area contributed by atoms with Gasteiger partial charge in [0.2, 0.25) is 18.6 Å². The number of aryl methyl sites for hydroxylation is 2. The van der Waals surface area contributed by atoms with E-state index in [-0.39, 0.29) is 30.4 Å². The first-order valence-electron chi connectivity index (χ1n) is 8.60. The highest BCUT2D eigenvalue weighted by Gasteiger charge is 2.48. The topological polar surface area (TPSA) is 76.7 Å². The molecule has 6 nitrogen and oxygen atoms in total. The average Bonchev–Trinajstić information content (AvgIpc) is 3.29. The molecule has 134 valence electrons. The van der Waals surface area contributed by atoms with Gasteiger partial charge in [0.1, 0.15) is 0 Å². The van der Waals surface area contributed by atoms with Crippen molar-refractivity contribution in [3.8, 4) is 11.5 Å². The van der Waals surface area contributed by atoms with E-state index in [0.29, 0.717) is 23.6 Å². The molecule has 1 aliphatic heterocycles. The van der Waals surface area contributed by atoms with Gasteiger partial charge >= 0.3 is 0 Å². The zero-order valence-electron chi connectivity index (χ0n) is 14.7. The van der Waals surface area contributed by atoms with Gasteiger partial charge in [-0.2, -0.15) is 0 Å². The summed E-state index contributed by atoms with van der Waals surface area (Å²) >= 11 is 0. The number of carbonyl (C=O) groups excluding carboxylic acids is 2. The van der Waals surface area contributed by atoms with E-state index in [0.717, 1.165) is 16.8 Å². The molecule has 2 amide bonds. The highest BCUT2D eigenvalue weighted by atomic mass is 16.7. The fourth-order valence-corrected chi connectivity index (χ4v) is 3.21. The lowest BCUT2D eigenvalue weighted by molar-refractivity contribution is -0.122. The van der Waals surface area contributed by atoms with Crippen molar-refractivity contribution in [2.45, 2.75) is 20.3 Å². The van der Waals surface area contributed by atoms with Gasteiger partial charge < -0.3 is 20.1 Å². The third-order valence-corrected chi connectivity index (χ3v) is 4.83. The lowest BCUT2D eigenvalue weighted by Gasteiger charge is -2.11. The Labute approximate surface area is 151 Å². The van der Waals surface area contributed by atoms with Crippen LogP contribution < -0.4 is 20.1 Å². The molecule has 2 aromatic carbocycles. The minimum atomic E-state index is -0.301. The molecule has 2 aliphatic rings. The van der Waals surface area contributed by atoms with Gasteiger partial charge in [-0.15, -0.1) is 0 Å². The van der Waals surface area contributed by atoms with Crippen molar-refractivity contribution in [1.29, 1.82) is 0 Å². The van der Waals surface area contributed by atoms with Crippen molar-refractivity contribution in [3.05, 3.63) is 47.5 Å². The van der Waals surface area contributed by atoms with Crippen molar-refractivity contribution in [2.24, 2.45) is 11.8 Å². The highest BCUT2D eigenvalue weighted by Crippen LogP contribution is 2.41. The molecule has 1 fully saturated rings. The smallest absolute Gasteiger partial charge is 0.231 e. The van der Waals surface area contributed by atoms with E-state index < -0.39 is 0 Å². The molecule has 1 aliphatic carbocycles. The maximum Gasteiger partial charge on any atom is 0.231 e. The van der Waals surface area contributed by atoms with Gasteiger partial charge in [-0.05, 0) is 43.5 Å². The molecule has 0 saturated heterocycles. The fraction of sp³-hybridized carbons (Fsp3) is 0.300. The van der Waals surface area contributed by atoms with Crippen LogP contribution in [-0.4, -0.2) is 18.6 Å². The van der Waals surface area contributed by atoms with Gasteiger partial charge in [0.15, 0.2) is 11.5 Å². The minimum Gasteiger partial charge on any atom is -0.454 e. The standard InChI is InChI=1S/C20H20N2O4/c1-11-4-3-5-12(2)18(11)22-20(24)15-9-14(15)19(23)21-13-6-7-16-17(8-13)26-10-25-16/h3-8,14-15H,9-10H2,1-2H3,(H,21,23)(H,22,24). The van der Waals surface area contributed by atoms with Crippen molar-refractivity contribution < 1.29 is 19.1 Å². The molecular formula is C20H20N2O4. The lowest BCUT2D eigenvalue weighted by Crippen LogP contribution is -2.21. The predicted octanol–water partition coefficient (Wildman–Crippen LogP) is 3.25. The van der Waals surface area contributed by atoms with Gasteiger partial charge in [0.05, 0.1) is 11.8 Å². The Balaban J connectivity index is 1.37. The summed E-state index contributed by atoms with van der Waals surface area (Å²) in [6, 6.07) is 11.1. The molecular weight excluding hydrogens is 332 g/mol. The summed E-state index contributed by atoms with van der Waals surface area (Å²) in [5.41, 5.74) is 3.50. The third-order valence-electron chi connectivity index (χ3n) is 4.83. The highest BCUT2D eigenvalue weighted by molar-refractivity contribution is 6.03. The van der Waals surface area contributed by atoms with Crippen LogP contribution in [0.15, 0.2) is 36.4 Å². The third kappa shape index (κ3) is 3.10. The number of benzene rings is 2. The SMILES string of the molecule is Cc1cccc(C)c1NC(=O)C1CC1C(=O)Nc1ccc2c(c1)OCO2. The molecule has 4 rings (SSSR count). The zero-order valence-corrected chi connectivity index (χ0v) is 14.7. The first kappa shape index (κ1) is 16.4. The normalized spacial score (nSPS) is 19.8. The van der Waals surface area contributed by atoms with E-state index in [1.807, 2.05) is 32.0 Å². The summed E-state index contributed by atoms with van der Waals surface area (Å²) < 4.78 is 10.6. The number of para-hydroxylation sites is 1. The summed E-state index contributed by atoms with van der Waals surface area (Å²) in [6.45, 7) is 4.11. The number of amides is 2. The first-order chi connectivity index (χ1) is 12.5. The van der Waals surface area contributed by atoms with E-state index in [1.165, 1.54) is 0 Å². The average molecular weight is 352 g/mol.